The predicted molar refractivity (Wildman–Crippen MR) is 67.1 cm³/mol. The summed E-state index contributed by atoms with van der Waals surface area (Å²) in [6.45, 7) is 0.732. The number of aliphatic hydroxyl groups excluding tert-OH is 1. The largest absolute Gasteiger partial charge is 0.395 e. The summed E-state index contributed by atoms with van der Waals surface area (Å²) in [5.74, 6) is 0. The van der Waals surface area contributed by atoms with Crippen LogP contribution in [0.25, 0.3) is 10.9 Å². The number of likely N-dealkylation sites (N-methyl/N-ethyl adjacent to an activating group) is 1. The summed E-state index contributed by atoms with van der Waals surface area (Å²) >= 11 is 5.92. The molecule has 1 aromatic heterocycles. The molecule has 0 saturated carbocycles. The molecule has 1 N–H and O–H groups in total. The lowest BCUT2D eigenvalue weighted by molar-refractivity contribution is 0.304. The molecule has 4 heteroatoms. The van der Waals surface area contributed by atoms with Crippen molar-refractivity contribution in [2.75, 3.05) is 25.1 Å². The van der Waals surface area contributed by atoms with Gasteiger partial charge in [-0.1, -0.05) is 11.6 Å². The van der Waals surface area contributed by atoms with Gasteiger partial charge in [0.15, 0.2) is 0 Å². The monoisotopic (exact) mass is 236 g/mol. The molecule has 0 amide bonds. The fourth-order valence-electron chi connectivity index (χ4n) is 1.71. The van der Waals surface area contributed by atoms with Crippen LogP contribution in [-0.2, 0) is 0 Å². The third-order valence-electron chi connectivity index (χ3n) is 2.53. The fourth-order valence-corrected chi connectivity index (χ4v) is 1.88. The molecule has 2 aromatic rings. The number of aliphatic hydroxyl groups is 1. The number of halogens is 1. The third-order valence-corrected chi connectivity index (χ3v) is 2.76. The Balaban J connectivity index is 2.53. The summed E-state index contributed by atoms with van der Waals surface area (Å²) < 4.78 is 0. The van der Waals surface area contributed by atoms with Gasteiger partial charge in [0.05, 0.1) is 12.1 Å². The van der Waals surface area contributed by atoms with Gasteiger partial charge < -0.3 is 10.0 Å². The van der Waals surface area contributed by atoms with Crippen LogP contribution in [0.3, 0.4) is 0 Å². The maximum Gasteiger partial charge on any atom is 0.0737 e. The lowest BCUT2D eigenvalue weighted by atomic mass is 10.2. The zero-order valence-electron chi connectivity index (χ0n) is 9.02. The Bertz CT molecular complexity index is 501. The van der Waals surface area contributed by atoms with Crippen LogP contribution < -0.4 is 4.90 Å². The van der Waals surface area contributed by atoms with E-state index in [1.807, 2.05) is 36.2 Å². The highest BCUT2D eigenvalue weighted by Gasteiger charge is 2.06. The average Bonchev–Trinajstić information content (AvgIpc) is 2.28. The molecule has 2 rings (SSSR count). The lowest BCUT2D eigenvalue weighted by Gasteiger charge is -2.19. The molecule has 1 aromatic carbocycles. The van der Waals surface area contributed by atoms with E-state index < -0.39 is 0 Å². The fraction of sp³-hybridized carbons (Fsp3) is 0.250. The van der Waals surface area contributed by atoms with Crippen molar-refractivity contribution in [3.05, 3.63) is 35.5 Å². The molecule has 1 heterocycles. The summed E-state index contributed by atoms with van der Waals surface area (Å²) in [4.78, 5) is 6.27. The van der Waals surface area contributed by atoms with Gasteiger partial charge in [-0.05, 0) is 24.3 Å². The molecular formula is C12H13ClN2O. The van der Waals surface area contributed by atoms with Gasteiger partial charge in [-0.2, -0.15) is 0 Å². The predicted octanol–water partition coefficient (Wildman–Crippen LogP) is 2.32. The molecule has 0 fully saturated rings. The van der Waals surface area contributed by atoms with E-state index in [0.717, 1.165) is 16.6 Å². The molecule has 0 bridgehead atoms. The number of hydrogen-bond donors (Lipinski definition) is 1. The van der Waals surface area contributed by atoms with E-state index >= 15 is 0 Å². The second-order valence-corrected chi connectivity index (χ2v) is 4.07. The molecule has 0 unspecified atom stereocenters. The first kappa shape index (κ1) is 11.2. The number of benzene rings is 1. The number of hydrogen-bond acceptors (Lipinski definition) is 3. The van der Waals surface area contributed by atoms with Crippen molar-refractivity contribution in [2.45, 2.75) is 0 Å². The van der Waals surface area contributed by atoms with E-state index in [2.05, 4.69) is 4.98 Å². The molecule has 0 radical (unpaired) electrons. The normalized spacial score (nSPS) is 10.7. The van der Waals surface area contributed by atoms with Crippen LogP contribution in [0.4, 0.5) is 5.69 Å². The Labute approximate surface area is 99.3 Å². The molecule has 3 nitrogen and oxygen atoms in total. The molecule has 16 heavy (non-hydrogen) atoms. The van der Waals surface area contributed by atoms with E-state index in [9.17, 15) is 0 Å². The zero-order chi connectivity index (χ0) is 11.5. The van der Waals surface area contributed by atoms with Crippen molar-refractivity contribution < 1.29 is 5.11 Å². The van der Waals surface area contributed by atoms with Crippen molar-refractivity contribution in [3.63, 3.8) is 0 Å². The maximum atomic E-state index is 8.94. The number of nitrogens with zero attached hydrogens (tertiary/aromatic N) is 2. The van der Waals surface area contributed by atoms with Gasteiger partial charge in [-0.25, -0.2) is 0 Å². The number of aromatic nitrogens is 1. The summed E-state index contributed by atoms with van der Waals surface area (Å²) in [5, 5.41) is 10.7. The highest BCUT2D eigenvalue weighted by molar-refractivity contribution is 6.31. The van der Waals surface area contributed by atoms with E-state index in [-0.39, 0.29) is 6.61 Å². The van der Waals surface area contributed by atoms with Crippen molar-refractivity contribution in [1.82, 2.24) is 4.98 Å². The number of anilines is 1. The minimum absolute atomic E-state index is 0.133. The van der Waals surface area contributed by atoms with Crippen molar-refractivity contribution in [1.29, 1.82) is 0 Å². The Morgan fingerprint density at radius 3 is 2.94 bits per heavy atom. The molecule has 0 aliphatic heterocycles. The minimum atomic E-state index is 0.133. The third kappa shape index (κ3) is 2.10. The lowest BCUT2D eigenvalue weighted by Crippen LogP contribution is -2.21. The smallest absolute Gasteiger partial charge is 0.0737 e. The van der Waals surface area contributed by atoms with Crippen LogP contribution in [-0.4, -0.2) is 30.3 Å². The first-order valence-corrected chi connectivity index (χ1v) is 5.46. The van der Waals surface area contributed by atoms with Crippen LogP contribution >= 0.6 is 11.6 Å². The van der Waals surface area contributed by atoms with E-state index in [1.165, 1.54) is 0 Å². The summed E-state index contributed by atoms with van der Waals surface area (Å²) in [7, 11) is 1.94. The van der Waals surface area contributed by atoms with E-state index in [1.54, 1.807) is 6.20 Å². The molecular weight excluding hydrogens is 224 g/mol. The average molecular weight is 237 g/mol. The summed E-state index contributed by atoms with van der Waals surface area (Å²) in [6.07, 6.45) is 1.75. The van der Waals surface area contributed by atoms with Crippen LogP contribution in [0.5, 0.6) is 0 Å². The quantitative estimate of drug-likeness (QED) is 0.889. The second kappa shape index (κ2) is 4.68. The summed E-state index contributed by atoms with van der Waals surface area (Å²) in [5.41, 5.74) is 1.92. The van der Waals surface area contributed by atoms with Crippen molar-refractivity contribution in [2.24, 2.45) is 0 Å². The zero-order valence-corrected chi connectivity index (χ0v) is 9.78. The molecule has 0 atom stereocenters. The minimum Gasteiger partial charge on any atom is -0.395 e. The van der Waals surface area contributed by atoms with Crippen LogP contribution in [0.15, 0.2) is 30.5 Å². The Morgan fingerprint density at radius 1 is 1.38 bits per heavy atom. The maximum absolute atomic E-state index is 8.94. The molecule has 0 aliphatic rings. The Kier molecular flexibility index (Phi) is 3.27. The van der Waals surface area contributed by atoms with Crippen molar-refractivity contribution in [3.8, 4) is 0 Å². The standard InChI is InChI=1S/C12H13ClN2O/c1-15(6-7-16)12-4-5-14-11-8-9(13)2-3-10(11)12/h2-5,8,16H,6-7H2,1H3. The highest BCUT2D eigenvalue weighted by Crippen LogP contribution is 2.26. The van der Waals surface area contributed by atoms with Gasteiger partial charge in [0.2, 0.25) is 0 Å². The van der Waals surface area contributed by atoms with Gasteiger partial charge in [0.25, 0.3) is 0 Å². The van der Waals surface area contributed by atoms with E-state index in [0.29, 0.717) is 11.6 Å². The van der Waals surface area contributed by atoms with E-state index in [4.69, 9.17) is 16.7 Å². The first-order valence-electron chi connectivity index (χ1n) is 5.08. The number of fused-ring (bicyclic) bond motifs is 1. The van der Waals surface area contributed by atoms with Crippen LogP contribution in [0, 0.1) is 0 Å². The Hall–Kier alpha value is -1.32. The second-order valence-electron chi connectivity index (χ2n) is 3.64. The van der Waals surface area contributed by atoms with Crippen molar-refractivity contribution >= 4 is 28.2 Å². The molecule has 84 valence electrons. The number of rotatable bonds is 3. The molecule has 0 spiro atoms. The number of pyridine rings is 1. The van der Waals surface area contributed by atoms with Gasteiger partial charge >= 0.3 is 0 Å². The highest BCUT2D eigenvalue weighted by atomic mass is 35.5. The molecule has 0 saturated heterocycles. The SMILES string of the molecule is CN(CCO)c1ccnc2cc(Cl)ccc12. The van der Waals surface area contributed by atoms with Gasteiger partial charge in [-0.3, -0.25) is 4.98 Å². The van der Waals surface area contributed by atoms with Crippen LogP contribution in [0.1, 0.15) is 0 Å². The van der Waals surface area contributed by atoms with Gasteiger partial charge in [0.1, 0.15) is 0 Å². The van der Waals surface area contributed by atoms with Crippen LogP contribution in [0.2, 0.25) is 5.02 Å². The first-order chi connectivity index (χ1) is 7.72. The Morgan fingerprint density at radius 2 is 2.19 bits per heavy atom. The van der Waals surface area contributed by atoms with Gasteiger partial charge in [-0.15, -0.1) is 0 Å². The summed E-state index contributed by atoms with van der Waals surface area (Å²) in [6, 6.07) is 7.58. The topological polar surface area (TPSA) is 36.4 Å². The van der Waals surface area contributed by atoms with Gasteiger partial charge in [0, 0.05) is 35.9 Å². The molecule has 0 aliphatic carbocycles.